The first-order valence-corrected chi connectivity index (χ1v) is 11.9. The summed E-state index contributed by atoms with van der Waals surface area (Å²) in [4.78, 5) is 13.0. The fourth-order valence-corrected chi connectivity index (χ4v) is 5.47. The number of nitrogens with one attached hydrogen (secondary N) is 1. The summed E-state index contributed by atoms with van der Waals surface area (Å²) in [6.07, 6.45) is 3.29. The van der Waals surface area contributed by atoms with Crippen molar-refractivity contribution in [2.45, 2.75) is 35.8 Å². The van der Waals surface area contributed by atoms with Crippen molar-refractivity contribution < 1.29 is 13.2 Å². The van der Waals surface area contributed by atoms with Crippen LogP contribution in [0.15, 0.2) is 83.8 Å². The molecule has 3 aromatic rings. The lowest BCUT2D eigenvalue weighted by molar-refractivity contribution is 0.0950. The molecule has 0 unspecified atom stereocenters. The second-order valence-corrected chi connectivity index (χ2v) is 9.76. The molecule has 154 valence electrons. The molecule has 4 rings (SSSR count). The van der Waals surface area contributed by atoms with Crippen molar-refractivity contribution in [2.75, 3.05) is 6.54 Å². The molecular formula is C25H25NO3S. The van der Waals surface area contributed by atoms with Gasteiger partial charge in [0.25, 0.3) is 5.91 Å². The summed E-state index contributed by atoms with van der Waals surface area (Å²) in [6.45, 7) is 0.586. The van der Waals surface area contributed by atoms with Gasteiger partial charge in [0.05, 0.1) is 10.6 Å². The lowest BCUT2D eigenvalue weighted by Gasteiger charge is -2.25. The van der Waals surface area contributed by atoms with Gasteiger partial charge in [-0.1, -0.05) is 54.6 Å². The number of aryl methyl sites for hydroxylation is 1. The number of amides is 1. The minimum Gasteiger partial charge on any atom is -0.351 e. The molecule has 0 spiro atoms. The Hall–Kier alpha value is -2.92. The number of carbonyl (C=O) groups excluding carboxylic acids is 1. The first kappa shape index (κ1) is 20.4. The van der Waals surface area contributed by atoms with Crippen LogP contribution in [0.3, 0.4) is 0 Å². The topological polar surface area (TPSA) is 63.2 Å². The minimum atomic E-state index is -3.45. The number of hydrogen-bond donors (Lipinski definition) is 1. The standard InChI is InChI=1S/C25H25NO3S/c27-25(26-17-22-12-7-10-20-9-4-5-15-24(20)22)21-11-6-8-19(16-21)18-30(28,29)23-13-2-1-3-14-23/h1-6,8-9,11,13-16,22H,7,10,12,17-18H2,(H,26,27)/t22-/m1/s1. The molecule has 0 bridgehead atoms. The van der Waals surface area contributed by atoms with E-state index in [2.05, 4.69) is 29.6 Å². The molecule has 1 N–H and O–H groups in total. The van der Waals surface area contributed by atoms with Gasteiger partial charge in [-0.25, -0.2) is 8.42 Å². The minimum absolute atomic E-state index is 0.131. The molecule has 0 aromatic heterocycles. The van der Waals surface area contributed by atoms with E-state index in [4.69, 9.17) is 0 Å². The monoisotopic (exact) mass is 419 g/mol. The summed E-state index contributed by atoms with van der Waals surface area (Å²) in [5.41, 5.74) is 3.79. The van der Waals surface area contributed by atoms with E-state index >= 15 is 0 Å². The molecular weight excluding hydrogens is 394 g/mol. The van der Waals surface area contributed by atoms with E-state index < -0.39 is 9.84 Å². The summed E-state index contributed by atoms with van der Waals surface area (Å²) in [5, 5.41) is 3.04. The van der Waals surface area contributed by atoms with Crippen LogP contribution in [0.5, 0.6) is 0 Å². The zero-order chi connectivity index (χ0) is 21.0. The molecule has 1 amide bonds. The number of carbonyl (C=O) groups is 1. The third kappa shape index (κ3) is 4.62. The van der Waals surface area contributed by atoms with E-state index in [1.165, 1.54) is 11.1 Å². The highest BCUT2D eigenvalue weighted by Gasteiger charge is 2.21. The van der Waals surface area contributed by atoms with Gasteiger partial charge in [0, 0.05) is 18.0 Å². The zero-order valence-electron chi connectivity index (χ0n) is 16.8. The molecule has 4 nitrogen and oxygen atoms in total. The first-order chi connectivity index (χ1) is 14.5. The molecule has 1 aliphatic carbocycles. The molecule has 0 fully saturated rings. The normalized spacial score (nSPS) is 15.9. The summed E-state index contributed by atoms with van der Waals surface area (Å²) < 4.78 is 25.3. The Morgan fingerprint density at radius 2 is 1.70 bits per heavy atom. The number of fused-ring (bicyclic) bond motifs is 1. The van der Waals surface area contributed by atoms with Crippen molar-refractivity contribution >= 4 is 15.7 Å². The summed E-state index contributed by atoms with van der Waals surface area (Å²) in [5.74, 6) is 0.0197. The number of benzene rings is 3. The SMILES string of the molecule is O=C(NC[C@H]1CCCc2ccccc21)c1cccc(CS(=O)(=O)c2ccccc2)c1. The number of rotatable bonds is 6. The fourth-order valence-electron chi connectivity index (χ4n) is 4.12. The van der Waals surface area contributed by atoms with Crippen LogP contribution >= 0.6 is 0 Å². The van der Waals surface area contributed by atoms with Gasteiger partial charge in [-0.05, 0) is 60.2 Å². The van der Waals surface area contributed by atoms with E-state index in [0.717, 1.165) is 19.3 Å². The molecule has 0 aliphatic heterocycles. The highest BCUT2D eigenvalue weighted by molar-refractivity contribution is 7.90. The van der Waals surface area contributed by atoms with Crippen molar-refractivity contribution in [1.29, 1.82) is 0 Å². The van der Waals surface area contributed by atoms with E-state index in [-0.39, 0.29) is 16.6 Å². The zero-order valence-corrected chi connectivity index (χ0v) is 17.6. The predicted octanol–water partition coefficient (Wildman–Crippen LogP) is 4.51. The average molecular weight is 420 g/mol. The van der Waals surface area contributed by atoms with Crippen LogP contribution < -0.4 is 5.32 Å². The average Bonchev–Trinajstić information content (AvgIpc) is 2.78. The first-order valence-electron chi connectivity index (χ1n) is 10.3. The molecule has 0 radical (unpaired) electrons. The van der Waals surface area contributed by atoms with E-state index in [9.17, 15) is 13.2 Å². The van der Waals surface area contributed by atoms with Crippen LogP contribution in [0.4, 0.5) is 0 Å². The maximum atomic E-state index is 12.7. The van der Waals surface area contributed by atoms with Crippen molar-refractivity contribution in [3.8, 4) is 0 Å². The van der Waals surface area contributed by atoms with Crippen molar-refractivity contribution in [3.63, 3.8) is 0 Å². The third-order valence-electron chi connectivity index (χ3n) is 5.65. The van der Waals surface area contributed by atoms with E-state index in [1.54, 1.807) is 54.6 Å². The van der Waals surface area contributed by atoms with E-state index in [1.807, 2.05) is 0 Å². The third-order valence-corrected chi connectivity index (χ3v) is 7.35. The van der Waals surface area contributed by atoms with Gasteiger partial charge >= 0.3 is 0 Å². The van der Waals surface area contributed by atoms with Gasteiger partial charge in [0.15, 0.2) is 9.84 Å². The van der Waals surface area contributed by atoms with Gasteiger partial charge in [-0.3, -0.25) is 4.79 Å². The maximum absolute atomic E-state index is 12.7. The molecule has 0 saturated carbocycles. The highest BCUT2D eigenvalue weighted by atomic mass is 32.2. The van der Waals surface area contributed by atoms with E-state index in [0.29, 0.717) is 23.6 Å². The molecule has 5 heteroatoms. The van der Waals surface area contributed by atoms with Gasteiger partial charge in [-0.2, -0.15) is 0 Å². The van der Waals surface area contributed by atoms with Crippen LogP contribution in [-0.2, 0) is 22.0 Å². The smallest absolute Gasteiger partial charge is 0.251 e. The summed E-state index contributed by atoms with van der Waals surface area (Å²) >= 11 is 0. The Balaban J connectivity index is 1.44. The van der Waals surface area contributed by atoms with Crippen LogP contribution in [-0.4, -0.2) is 20.9 Å². The largest absolute Gasteiger partial charge is 0.351 e. The Morgan fingerprint density at radius 3 is 2.53 bits per heavy atom. The second-order valence-electron chi connectivity index (χ2n) is 7.77. The van der Waals surface area contributed by atoms with Crippen molar-refractivity contribution in [3.05, 3.63) is 101 Å². The highest BCUT2D eigenvalue weighted by Crippen LogP contribution is 2.30. The molecule has 30 heavy (non-hydrogen) atoms. The molecule has 1 atom stereocenters. The lowest BCUT2D eigenvalue weighted by Crippen LogP contribution is -2.30. The number of hydrogen-bond acceptors (Lipinski definition) is 3. The van der Waals surface area contributed by atoms with Crippen LogP contribution in [0.2, 0.25) is 0 Å². The Labute approximate surface area is 177 Å². The second kappa shape index (κ2) is 8.84. The number of sulfone groups is 1. The molecule has 0 saturated heterocycles. The summed E-state index contributed by atoms with van der Waals surface area (Å²) in [7, 11) is -3.45. The van der Waals surface area contributed by atoms with Gasteiger partial charge in [0.1, 0.15) is 0 Å². The Morgan fingerprint density at radius 1 is 0.933 bits per heavy atom. The maximum Gasteiger partial charge on any atom is 0.251 e. The van der Waals surface area contributed by atoms with Crippen LogP contribution in [0, 0.1) is 0 Å². The Kier molecular flexibility index (Phi) is 6.00. The molecule has 0 heterocycles. The Bertz CT molecular complexity index is 1140. The summed E-state index contributed by atoms with van der Waals surface area (Å²) in [6, 6.07) is 23.7. The van der Waals surface area contributed by atoms with Gasteiger partial charge in [0.2, 0.25) is 0 Å². The van der Waals surface area contributed by atoms with Gasteiger partial charge < -0.3 is 5.32 Å². The van der Waals surface area contributed by atoms with Crippen molar-refractivity contribution in [2.24, 2.45) is 0 Å². The fraction of sp³-hybridized carbons (Fsp3) is 0.240. The quantitative estimate of drug-likeness (QED) is 0.639. The lowest BCUT2D eigenvalue weighted by atomic mass is 9.83. The van der Waals surface area contributed by atoms with Crippen molar-refractivity contribution in [1.82, 2.24) is 5.32 Å². The molecule has 1 aliphatic rings. The van der Waals surface area contributed by atoms with Crippen LogP contribution in [0.25, 0.3) is 0 Å². The predicted molar refractivity (Wildman–Crippen MR) is 118 cm³/mol. The molecule has 3 aromatic carbocycles. The van der Waals surface area contributed by atoms with Gasteiger partial charge in [-0.15, -0.1) is 0 Å². The van der Waals surface area contributed by atoms with Crippen LogP contribution in [0.1, 0.15) is 45.8 Å².